The summed E-state index contributed by atoms with van der Waals surface area (Å²) in [6, 6.07) is 20.7. The van der Waals surface area contributed by atoms with Gasteiger partial charge in [-0.3, -0.25) is 0 Å². The average Bonchev–Trinajstić information content (AvgIpc) is 3.29. The number of hydrogen-bond donors (Lipinski definition) is 2. The van der Waals surface area contributed by atoms with Gasteiger partial charge in [-0.1, -0.05) is 24.6 Å². The van der Waals surface area contributed by atoms with Crippen molar-refractivity contribution in [2.45, 2.75) is 24.2 Å². The average molecular weight is 530 g/mol. The summed E-state index contributed by atoms with van der Waals surface area (Å²) in [6.45, 7) is 4.02. The number of ether oxygens (including phenoxy) is 1. The molecule has 0 atom stereocenters. The Balaban J connectivity index is 0.00000289. The molecule has 4 aromatic rings. The normalized spacial score (nSPS) is 14.1. The number of piperidine rings is 1. The lowest BCUT2D eigenvalue weighted by Gasteiger charge is -2.25. The molecule has 3 aromatic carbocycles. The molecule has 184 valence electrons. The van der Waals surface area contributed by atoms with Crippen molar-refractivity contribution in [1.82, 2.24) is 4.90 Å². The van der Waals surface area contributed by atoms with Crippen LogP contribution in [0.15, 0.2) is 71.6 Å². The van der Waals surface area contributed by atoms with Gasteiger partial charge in [0, 0.05) is 44.7 Å². The highest BCUT2D eigenvalue weighted by atomic mass is 35.5. The van der Waals surface area contributed by atoms with E-state index in [4.69, 9.17) is 8.92 Å². The molecule has 0 amide bonds. The minimum Gasteiger partial charge on any atom is -0.507 e. The molecule has 0 unspecified atom stereocenters. The van der Waals surface area contributed by atoms with E-state index in [-0.39, 0.29) is 23.9 Å². The maximum Gasteiger partial charge on any atom is 0.169 e. The molecule has 2 heterocycles. The number of rotatable bonds is 8. The Labute approximate surface area is 219 Å². The smallest absolute Gasteiger partial charge is 0.169 e. The zero-order valence-corrected chi connectivity index (χ0v) is 21.6. The standard InChI is InChI=1S/C27H27NO4S2.ClH/c29-23-18-24(30)25(17-22(23)27-16-19-6-2-3-7-26(19)33-27)32-20-8-10-21(11-9-20)34-31-15-14-28-12-4-1-5-13-28;/h2-3,6-11,16-18,29-30H,1,4-5,12-15H2;1H. The molecule has 1 fully saturated rings. The zero-order chi connectivity index (χ0) is 23.3. The van der Waals surface area contributed by atoms with Gasteiger partial charge in [0.15, 0.2) is 11.5 Å². The third kappa shape index (κ3) is 6.42. The fourth-order valence-corrected chi connectivity index (χ4v) is 5.73. The lowest BCUT2D eigenvalue weighted by atomic mass is 10.1. The maximum absolute atomic E-state index is 10.5. The van der Waals surface area contributed by atoms with Crippen LogP contribution in [0.5, 0.6) is 23.0 Å². The van der Waals surface area contributed by atoms with E-state index >= 15 is 0 Å². The SMILES string of the molecule is Cl.Oc1cc(O)c(-c2cc3ccccc3s2)cc1Oc1ccc(SOCCN2CCCCC2)cc1. The van der Waals surface area contributed by atoms with Crippen molar-refractivity contribution in [2.24, 2.45) is 0 Å². The van der Waals surface area contributed by atoms with Crippen molar-refractivity contribution in [3.8, 4) is 33.4 Å². The van der Waals surface area contributed by atoms with E-state index in [1.165, 1.54) is 50.5 Å². The van der Waals surface area contributed by atoms with Gasteiger partial charge in [-0.15, -0.1) is 23.7 Å². The van der Waals surface area contributed by atoms with E-state index in [9.17, 15) is 10.2 Å². The number of hydrogen-bond acceptors (Lipinski definition) is 7. The van der Waals surface area contributed by atoms with Gasteiger partial charge < -0.3 is 24.0 Å². The van der Waals surface area contributed by atoms with Crippen LogP contribution in [0.25, 0.3) is 20.5 Å². The molecule has 8 heteroatoms. The van der Waals surface area contributed by atoms with Gasteiger partial charge in [-0.2, -0.15) is 0 Å². The summed E-state index contributed by atoms with van der Waals surface area (Å²) in [5, 5.41) is 21.9. The second-order valence-electron chi connectivity index (χ2n) is 8.37. The summed E-state index contributed by atoms with van der Waals surface area (Å²) in [6.07, 6.45) is 3.92. The van der Waals surface area contributed by atoms with Crippen molar-refractivity contribution in [1.29, 1.82) is 0 Å². The highest BCUT2D eigenvalue weighted by molar-refractivity contribution is 7.94. The number of nitrogens with zero attached hydrogens (tertiary/aromatic N) is 1. The van der Waals surface area contributed by atoms with E-state index in [2.05, 4.69) is 11.0 Å². The molecule has 0 aliphatic carbocycles. The summed E-state index contributed by atoms with van der Waals surface area (Å²) in [7, 11) is 0. The van der Waals surface area contributed by atoms with E-state index < -0.39 is 0 Å². The number of likely N-dealkylation sites (tertiary alicyclic amines) is 1. The van der Waals surface area contributed by atoms with Crippen LogP contribution in [-0.2, 0) is 4.18 Å². The van der Waals surface area contributed by atoms with Gasteiger partial charge >= 0.3 is 0 Å². The molecule has 1 aliphatic heterocycles. The van der Waals surface area contributed by atoms with E-state index in [0.29, 0.717) is 23.7 Å². The number of aromatic hydroxyl groups is 2. The molecule has 1 aliphatic rings. The molecule has 1 saturated heterocycles. The summed E-state index contributed by atoms with van der Waals surface area (Å²) in [4.78, 5) is 4.36. The molecule has 35 heavy (non-hydrogen) atoms. The van der Waals surface area contributed by atoms with Crippen LogP contribution in [0.1, 0.15) is 19.3 Å². The van der Waals surface area contributed by atoms with E-state index in [1.54, 1.807) is 17.4 Å². The fraction of sp³-hybridized carbons (Fsp3) is 0.259. The Morgan fingerprint density at radius 1 is 0.886 bits per heavy atom. The number of thiophene rings is 1. The highest BCUT2D eigenvalue weighted by Gasteiger charge is 2.15. The monoisotopic (exact) mass is 529 g/mol. The van der Waals surface area contributed by atoms with Crippen LogP contribution in [0.2, 0.25) is 0 Å². The first-order chi connectivity index (χ1) is 16.7. The van der Waals surface area contributed by atoms with Gasteiger partial charge in [0.2, 0.25) is 0 Å². The first-order valence-electron chi connectivity index (χ1n) is 11.5. The van der Waals surface area contributed by atoms with Crippen molar-refractivity contribution in [2.75, 3.05) is 26.2 Å². The molecule has 0 spiro atoms. The predicted molar refractivity (Wildman–Crippen MR) is 146 cm³/mol. The molecule has 0 bridgehead atoms. The van der Waals surface area contributed by atoms with Gasteiger partial charge in [0.1, 0.15) is 11.5 Å². The molecule has 0 radical (unpaired) electrons. The molecule has 5 nitrogen and oxygen atoms in total. The second kappa shape index (κ2) is 12.0. The predicted octanol–water partition coefficient (Wildman–Crippen LogP) is 7.70. The summed E-state index contributed by atoms with van der Waals surface area (Å²) in [5.74, 6) is 0.802. The third-order valence-corrected chi connectivity index (χ3v) is 7.81. The van der Waals surface area contributed by atoms with Crippen LogP contribution in [0.4, 0.5) is 0 Å². The number of fused-ring (bicyclic) bond motifs is 1. The lowest BCUT2D eigenvalue weighted by molar-refractivity contribution is 0.194. The highest BCUT2D eigenvalue weighted by Crippen LogP contribution is 2.44. The zero-order valence-electron chi connectivity index (χ0n) is 19.2. The Hall–Kier alpha value is -2.42. The minimum atomic E-state index is -0.109. The van der Waals surface area contributed by atoms with Crippen LogP contribution in [-0.4, -0.2) is 41.4 Å². The van der Waals surface area contributed by atoms with Crippen LogP contribution >= 0.6 is 35.8 Å². The van der Waals surface area contributed by atoms with Crippen LogP contribution in [0, 0.1) is 0 Å². The molecular weight excluding hydrogens is 502 g/mol. The number of halogens is 1. The first kappa shape index (κ1) is 25.7. The molecule has 5 rings (SSSR count). The van der Waals surface area contributed by atoms with Gasteiger partial charge in [0.25, 0.3) is 0 Å². The fourth-order valence-electron chi connectivity index (χ4n) is 4.10. The van der Waals surface area contributed by atoms with Crippen molar-refractivity contribution >= 4 is 45.9 Å². The summed E-state index contributed by atoms with van der Waals surface area (Å²) in [5.41, 5.74) is 0.628. The Kier molecular flexibility index (Phi) is 8.81. The van der Waals surface area contributed by atoms with Crippen molar-refractivity contribution in [3.05, 3.63) is 66.7 Å². The Morgan fingerprint density at radius 2 is 1.66 bits per heavy atom. The second-order valence-corrected chi connectivity index (χ2v) is 10.3. The quantitative estimate of drug-likeness (QED) is 0.180. The van der Waals surface area contributed by atoms with Gasteiger partial charge in [0.05, 0.1) is 6.61 Å². The molecular formula is C27H28ClNO4S2. The molecule has 0 saturated carbocycles. The maximum atomic E-state index is 10.5. The van der Waals surface area contributed by atoms with Gasteiger partial charge in [-0.05, 0) is 73.8 Å². The van der Waals surface area contributed by atoms with Crippen molar-refractivity contribution in [3.63, 3.8) is 0 Å². The first-order valence-corrected chi connectivity index (χ1v) is 13.1. The number of benzene rings is 3. The summed E-state index contributed by atoms with van der Waals surface area (Å²) < 4.78 is 12.9. The minimum absolute atomic E-state index is 0. The lowest BCUT2D eigenvalue weighted by Crippen LogP contribution is -2.32. The summed E-state index contributed by atoms with van der Waals surface area (Å²) >= 11 is 2.96. The van der Waals surface area contributed by atoms with Crippen molar-refractivity contribution < 1.29 is 19.1 Å². The molecule has 2 N–H and O–H groups in total. The molecule has 1 aromatic heterocycles. The number of phenolic OH excluding ortho intramolecular Hbond substituents is 2. The number of phenols is 2. The Morgan fingerprint density at radius 3 is 2.43 bits per heavy atom. The topological polar surface area (TPSA) is 62.2 Å². The Bertz CT molecular complexity index is 1220. The third-order valence-electron chi connectivity index (χ3n) is 5.91. The van der Waals surface area contributed by atoms with Gasteiger partial charge in [-0.25, -0.2) is 0 Å². The van der Waals surface area contributed by atoms with E-state index in [1.807, 2.05) is 48.5 Å². The largest absolute Gasteiger partial charge is 0.507 e. The van der Waals surface area contributed by atoms with Crippen LogP contribution < -0.4 is 4.74 Å². The van der Waals surface area contributed by atoms with E-state index in [0.717, 1.165) is 26.4 Å². The van der Waals surface area contributed by atoms with Crippen LogP contribution in [0.3, 0.4) is 0 Å².